The minimum atomic E-state index is -0.461. The van der Waals surface area contributed by atoms with E-state index < -0.39 is 4.92 Å². The smallest absolute Gasteiger partial charge is 0.270 e. The summed E-state index contributed by atoms with van der Waals surface area (Å²) in [6.07, 6.45) is 0.0428. The van der Waals surface area contributed by atoms with Gasteiger partial charge in [-0.3, -0.25) is 14.9 Å². The van der Waals surface area contributed by atoms with Gasteiger partial charge >= 0.3 is 0 Å². The second kappa shape index (κ2) is 7.82. The first-order chi connectivity index (χ1) is 12.4. The van der Waals surface area contributed by atoms with Gasteiger partial charge in [0.05, 0.1) is 32.8 Å². The molecule has 0 bridgehead atoms. The molecule has 2 aromatic carbocycles. The van der Waals surface area contributed by atoms with Gasteiger partial charge in [0.25, 0.3) is 5.69 Å². The highest BCUT2D eigenvalue weighted by molar-refractivity contribution is 7.10. The van der Waals surface area contributed by atoms with Crippen LogP contribution in [0.5, 0.6) is 0 Å². The van der Waals surface area contributed by atoms with Gasteiger partial charge in [-0.05, 0) is 12.1 Å². The van der Waals surface area contributed by atoms with Crippen LogP contribution in [-0.4, -0.2) is 15.8 Å². The molecule has 0 aliphatic carbocycles. The number of nitro groups is 1. The van der Waals surface area contributed by atoms with E-state index in [1.165, 1.54) is 23.5 Å². The van der Waals surface area contributed by atoms with E-state index in [0.717, 1.165) is 0 Å². The standard InChI is InChI=1S/C17H11Cl2N3O3S/c18-12-5-2-6-13(19)17(12)21-15(23)8-16-20-14(9-26-16)10-3-1-4-11(7-10)22(24)25/h1-7,9H,8H2,(H,21,23). The highest BCUT2D eigenvalue weighted by atomic mass is 35.5. The number of non-ortho nitro benzene ring substituents is 1. The molecule has 0 aliphatic heterocycles. The Morgan fingerprint density at radius 1 is 1.19 bits per heavy atom. The van der Waals surface area contributed by atoms with Gasteiger partial charge in [-0.15, -0.1) is 11.3 Å². The van der Waals surface area contributed by atoms with E-state index in [2.05, 4.69) is 10.3 Å². The van der Waals surface area contributed by atoms with E-state index in [1.807, 2.05) is 0 Å². The number of carbonyl (C=O) groups is 1. The zero-order valence-electron chi connectivity index (χ0n) is 13.1. The Kier molecular flexibility index (Phi) is 5.51. The van der Waals surface area contributed by atoms with Crippen LogP contribution in [0.2, 0.25) is 10.0 Å². The fourth-order valence-electron chi connectivity index (χ4n) is 2.24. The number of anilines is 1. The minimum Gasteiger partial charge on any atom is -0.323 e. The highest BCUT2D eigenvalue weighted by Crippen LogP contribution is 2.30. The molecule has 1 amide bonds. The minimum absolute atomic E-state index is 0.0110. The van der Waals surface area contributed by atoms with Crippen LogP contribution >= 0.6 is 34.5 Å². The first-order valence-corrected chi connectivity index (χ1v) is 9.00. The fraction of sp³-hybridized carbons (Fsp3) is 0.0588. The van der Waals surface area contributed by atoms with Crippen molar-refractivity contribution < 1.29 is 9.72 Å². The third-order valence-electron chi connectivity index (χ3n) is 3.44. The van der Waals surface area contributed by atoms with Crippen LogP contribution in [0.4, 0.5) is 11.4 Å². The van der Waals surface area contributed by atoms with Crippen LogP contribution < -0.4 is 5.32 Å². The molecule has 26 heavy (non-hydrogen) atoms. The van der Waals surface area contributed by atoms with Crippen LogP contribution in [0, 0.1) is 10.1 Å². The molecule has 0 saturated heterocycles. The number of nitro benzene ring substituents is 1. The Bertz CT molecular complexity index is 971. The normalized spacial score (nSPS) is 10.5. The van der Waals surface area contributed by atoms with E-state index in [4.69, 9.17) is 23.2 Å². The quantitative estimate of drug-likeness (QED) is 0.464. The van der Waals surface area contributed by atoms with Gasteiger partial charge in [0, 0.05) is 23.1 Å². The Balaban J connectivity index is 1.73. The molecule has 6 nitrogen and oxygen atoms in total. The molecular weight excluding hydrogens is 397 g/mol. The molecule has 0 fully saturated rings. The van der Waals surface area contributed by atoms with Crippen LogP contribution in [0.3, 0.4) is 0 Å². The van der Waals surface area contributed by atoms with E-state index >= 15 is 0 Å². The van der Waals surface area contributed by atoms with Crippen molar-refractivity contribution in [1.82, 2.24) is 4.98 Å². The molecule has 1 N–H and O–H groups in total. The first kappa shape index (κ1) is 18.3. The number of benzene rings is 2. The fourth-order valence-corrected chi connectivity index (χ4v) is 3.54. The molecule has 9 heteroatoms. The maximum Gasteiger partial charge on any atom is 0.270 e. The van der Waals surface area contributed by atoms with E-state index in [-0.39, 0.29) is 18.0 Å². The number of amides is 1. The third-order valence-corrected chi connectivity index (χ3v) is 4.92. The monoisotopic (exact) mass is 407 g/mol. The van der Waals surface area contributed by atoms with Crippen LogP contribution in [0.1, 0.15) is 5.01 Å². The number of carbonyl (C=O) groups excluding carboxylic acids is 1. The topological polar surface area (TPSA) is 85.1 Å². The third kappa shape index (κ3) is 4.19. The molecule has 0 unspecified atom stereocenters. The summed E-state index contributed by atoms with van der Waals surface area (Å²) in [7, 11) is 0. The number of hydrogen-bond acceptors (Lipinski definition) is 5. The summed E-state index contributed by atoms with van der Waals surface area (Å²) in [5.74, 6) is -0.306. The molecule has 0 saturated carbocycles. The number of thiazole rings is 1. The second-order valence-electron chi connectivity index (χ2n) is 5.26. The predicted octanol–water partition coefficient (Wildman–Crippen LogP) is 5.21. The molecule has 3 rings (SSSR count). The van der Waals surface area contributed by atoms with Crippen LogP contribution in [0.15, 0.2) is 47.8 Å². The summed E-state index contributed by atoms with van der Waals surface area (Å²) in [4.78, 5) is 27.0. The van der Waals surface area contributed by atoms with Gasteiger partial charge in [-0.25, -0.2) is 4.98 Å². The van der Waals surface area contributed by atoms with Crippen molar-refractivity contribution in [3.63, 3.8) is 0 Å². The van der Waals surface area contributed by atoms with Gasteiger partial charge in [0.2, 0.25) is 5.91 Å². The Morgan fingerprint density at radius 2 is 1.88 bits per heavy atom. The molecule has 0 spiro atoms. The SMILES string of the molecule is O=C(Cc1nc(-c2cccc([N+](=O)[O-])c2)cs1)Nc1c(Cl)cccc1Cl. The molecule has 132 valence electrons. The number of rotatable bonds is 5. The summed E-state index contributed by atoms with van der Waals surface area (Å²) in [6, 6.07) is 11.1. The van der Waals surface area contributed by atoms with Gasteiger partial charge in [-0.1, -0.05) is 41.4 Å². The number of halogens is 2. The van der Waals surface area contributed by atoms with Crippen molar-refractivity contribution in [2.75, 3.05) is 5.32 Å². The second-order valence-corrected chi connectivity index (χ2v) is 7.01. The molecule has 1 heterocycles. The maximum absolute atomic E-state index is 12.2. The zero-order chi connectivity index (χ0) is 18.7. The summed E-state index contributed by atoms with van der Waals surface area (Å²) in [6.45, 7) is 0. The number of para-hydroxylation sites is 1. The van der Waals surface area contributed by atoms with Crippen LogP contribution in [0.25, 0.3) is 11.3 Å². The van der Waals surface area contributed by atoms with Crippen molar-refractivity contribution >= 4 is 51.8 Å². The largest absolute Gasteiger partial charge is 0.323 e. The van der Waals surface area contributed by atoms with Crippen molar-refractivity contribution in [2.24, 2.45) is 0 Å². The van der Waals surface area contributed by atoms with Gasteiger partial charge < -0.3 is 5.32 Å². The highest BCUT2D eigenvalue weighted by Gasteiger charge is 2.14. The van der Waals surface area contributed by atoms with Crippen molar-refractivity contribution in [2.45, 2.75) is 6.42 Å². The number of nitrogens with one attached hydrogen (secondary N) is 1. The summed E-state index contributed by atoms with van der Waals surface area (Å²) in [5.41, 5.74) is 1.55. The summed E-state index contributed by atoms with van der Waals surface area (Å²) >= 11 is 13.4. The number of hydrogen-bond donors (Lipinski definition) is 1. The lowest BCUT2D eigenvalue weighted by Gasteiger charge is -2.08. The predicted molar refractivity (Wildman–Crippen MR) is 103 cm³/mol. The van der Waals surface area contributed by atoms with E-state index in [0.29, 0.717) is 32.0 Å². The molecule has 3 aromatic rings. The average molecular weight is 408 g/mol. The van der Waals surface area contributed by atoms with Crippen molar-refractivity contribution in [3.8, 4) is 11.3 Å². The Morgan fingerprint density at radius 3 is 2.58 bits per heavy atom. The Labute approximate surface area is 162 Å². The van der Waals surface area contributed by atoms with Crippen LogP contribution in [-0.2, 0) is 11.2 Å². The summed E-state index contributed by atoms with van der Waals surface area (Å²) < 4.78 is 0. The summed E-state index contributed by atoms with van der Waals surface area (Å²) in [5, 5.41) is 16.6. The van der Waals surface area contributed by atoms with Gasteiger partial charge in [-0.2, -0.15) is 0 Å². The van der Waals surface area contributed by atoms with Gasteiger partial charge in [0.1, 0.15) is 5.01 Å². The average Bonchev–Trinajstić information content (AvgIpc) is 3.07. The van der Waals surface area contributed by atoms with Crippen molar-refractivity contribution in [3.05, 3.63) is 73.0 Å². The molecule has 1 aromatic heterocycles. The molecule has 0 radical (unpaired) electrons. The van der Waals surface area contributed by atoms with Crippen molar-refractivity contribution in [1.29, 1.82) is 0 Å². The number of aromatic nitrogens is 1. The van der Waals surface area contributed by atoms with E-state index in [9.17, 15) is 14.9 Å². The zero-order valence-corrected chi connectivity index (χ0v) is 15.4. The van der Waals surface area contributed by atoms with E-state index in [1.54, 1.807) is 35.7 Å². The molecule has 0 aliphatic rings. The lowest BCUT2D eigenvalue weighted by atomic mass is 10.1. The molecular formula is C17H11Cl2N3O3S. The maximum atomic E-state index is 12.2. The lowest BCUT2D eigenvalue weighted by Crippen LogP contribution is -2.14. The lowest BCUT2D eigenvalue weighted by molar-refractivity contribution is -0.384. The number of nitrogens with zero attached hydrogens (tertiary/aromatic N) is 2. The molecule has 0 atom stereocenters. The first-order valence-electron chi connectivity index (χ1n) is 7.37. The Hall–Kier alpha value is -2.48. The van der Waals surface area contributed by atoms with Gasteiger partial charge in [0.15, 0.2) is 0 Å².